The summed E-state index contributed by atoms with van der Waals surface area (Å²) in [5.74, 6) is -1.12. The van der Waals surface area contributed by atoms with Crippen molar-refractivity contribution >= 4 is 23.5 Å². The van der Waals surface area contributed by atoms with Crippen LogP contribution in [0.4, 0.5) is 5.69 Å². The minimum Gasteiger partial charge on any atom is -0.454 e. The quantitative estimate of drug-likeness (QED) is 0.729. The lowest BCUT2D eigenvalue weighted by molar-refractivity contribution is -0.150. The zero-order valence-corrected chi connectivity index (χ0v) is 13.6. The molecule has 23 heavy (non-hydrogen) atoms. The van der Waals surface area contributed by atoms with Gasteiger partial charge in [0.25, 0.3) is 11.8 Å². The third-order valence-corrected chi connectivity index (χ3v) is 3.09. The maximum Gasteiger partial charge on any atom is 0.332 e. The second kappa shape index (κ2) is 9.58. The molecule has 1 N–H and O–H groups in total. The predicted molar refractivity (Wildman–Crippen MR) is 85.2 cm³/mol. The van der Waals surface area contributed by atoms with Gasteiger partial charge in [-0.25, -0.2) is 4.79 Å². The van der Waals surface area contributed by atoms with Crippen LogP contribution in [0.15, 0.2) is 24.3 Å². The van der Waals surface area contributed by atoms with Crippen molar-refractivity contribution < 1.29 is 23.9 Å². The molecule has 7 nitrogen and oxygen atoms in total. The molecule has 7 heteroatoms. The zero-order chi connectivity index (χ0) is 17.2. The minimum absolute atomic E-state index is 0.0543. The van der Waals surface area contributed by atoms with Crippen LogP contribution in [0, 0.1) is 0 Å². The number of hydrogen-bond acceptors (Lipinski definition) is 5. The minimum atomic E-state index is -0.609. The lowest BCUT2D eigenvalue weighted by atomic mass is 10.2. The van der Waals surface area contributed by atoms with Gasteiger partial charge in [-0.3, -0.25) is 9.59 Å². The highest BCUT2D eigenvalue weighted by Gasteiger charge is 2.12. The average molecular weight is 322 g/mol. The number of carbonyl (C=O) groups is 3. The molecule has 1 aromatic rings. The predicted octanol–water partition coefficient (Wildman–Crippen LogP) is 1.30. The number of carbonyl (C=O) groups excluding carboxylic acids is 3. The molecule has 0 saturated heterocycles. The van der Waals surface area contributed by atoms with Crippen LogP contribution < -0.4 is 5.32 Å². The third kappa shape index (κ3) is 6.07. The fourth-order valence-corrected chi connectivity index (χ4v) is 1.89. The summed E-state index contributed by atoms with van der Waals surface area (Å²) in [7, 11) is 1.36. The Morgan fingerprint density at radius 2 is 1.65 bits per heavy atom. The molecule has 0 bridgehead atoms. The molecule has 1 aromatic carbocycles. The van der Waals surface area contributed by atoms with Crippen molar-refractivity contribution in [3.05, 3.63) is 29.8 Å². The van der Waals surface area contributed by atoms with Gasteiger partial charge >= 0.3 is 5.97 Å². The third-order valence-electron chi connectivity index (χ3n) is 3.09. The van der Waals surface area contributed by atoms with E-state index in [1.54, 1.807) is 29.2 Å². The van der Waals surface area contributed by atoms with Gasteiger partial charge in [0.1, 0.15) is 6.61 Å². The first kappa shape index (κ1) is 18.6. The van der Waals surface area contributed by atoms with Crippen molar-refractivity contribution in [1.82, 2.24) is 4.90 Å². The molecule has 0 atom stereocenters. The number of amides is 2. The molecular weight excluding hydrogens is 300 g/mol. The lowest BCUT2D eigenvalue weighted by Crippen LogP contribution is -2.30. The smallest absolute Gasteiger partial charge is 0.332 e. The zero-order valence-electron chi connectivity index (χ0n) is 13.6. The second-order valence-electron chi connectivity index (χ2n) is 4.70. The summed E-state index contributed by atoms with van der Waals surface area (Å²) >= 11 is 0. The van der Waals surface area contributed by atoms with Crippen LogP contribution >= 0.6 is 0 Å². The van der Waals surface area contributed by atoms with E-state index in [1.165, 1.54) is 7.11 Å². The van der Waals surface area contributed by atoms with Gasteiger partial charge in [-0.05, 0) is 38.1 Å². The second-order valence-corrected chi connectivity index (χ2v) is 4.70. The molecule has 0 spiro atoms. The van der Waals surface area contributed by atoms with Crippen LogP contribution in [0.25, 0.3) is 0 Å². The van der Waals surface area contributed by atoms with Gasteiger partial charge in [-0.15, -0.1) is 0 Å². The Morgan fingerprint density at radius 3 is 2.17 bits per heavy atom. The van der Waals surface area contributed by atoms with Crippen molar-refractivity contribution in [2.24, 2.45) is 0 Å². The standard InChI is InChI=1S/C16H22N2O5/c1-4-18(5-2)16(21)12-6-8-13(9-7-12)17-14(19)10-23-15(20)11-22-3/h6-9H,4-5,10-11H2,1-3H3,(H,17,19). The van der Waals surface area contributed by atoms with Crippen LogP contribution in [-0.4, -0.2) is 56.1 Å². The fourth-order valence-electron chi connectivity index (χ4n) is 1.89. The first-order valence-electron chi connectivity index (χ1n) is 7.35. The Hall–Kier alpha value is -2.41. The number of methoxy groups -OCH3 is 1. The highest BCUT2D eigenvalue weighted by molar-refractivity contribution is 5.96. The Kier molecular flexibility index (Phi) is 7.76. The first-order chi connectivity index (χ1) is 11.0. The first-order valence-corrected chi connectivity index (χ1v) is 7.35. The number of benzene rings is 1. The van der Waals surface area contributed by atoms with Crippen LogP contribution in [0.3, 0.4) is 0 Å². The summed E-state index contributed by atoms with van der Waals surface area (Å²) < 4.78 is 9.29. The Bertz CT molecular complexity index is 538. The van der Waals surface area contributed by atoms with E-state index in [-0.39, 0.29) is 19.1 Å². The molecule has 0 aliphatic heterocycles. The van der Waals surface area contributed by atoms with Gasteiger partial charge in [0.05, 0.1) is 0 Å². The summed E-state index contributed by atoms with van der Waals surface area (Å²) in [6, 6.07) is 6.55. The summed E-state index contributed by atoms with van der Waals surface area (Å²) in [5, 5.41) is 2.58. The summed E-state index contributed by atoms with van der Waals surface area (Å²) in [5.41, 5.74) is 1.08. The normalized spacial score (nSPS) is 10.0. The van der Waals surface area contributed by atoms with Crippen molar-refractivity contribution in [2.75, 3.05) is 38.7 Å². The van der Waals surface area contributed by atoms with Crippen LogP contribution in [0.2, 0.25) is 0 Å². The van der Waals surface area contributed by atoms with Gasteiger partial charge < -0.3 is 19.7 Å². The highest BCUT2D eigenvalue weighted by Crippen LogP contribution is 2.11. The summed E-state index contributed by atoms with van der Waals surface area (Å²) in [6.45, 7) is 4.53. The van der Waals surface area contributed by atoms with E-state index < -0.39 is 11.9 Å². The van der Waals surface area contributed by atoms with Crippen molar-refractivity contribution in [1.29, 1.82) is 0 Å². The largest absolute Gasteiger partial charge is 0.454 e. The molecule has 1 rings (SSSR count). The van der Waals surface area contributed by atoms with E-state index in [9.17, 15) is 14.4 Å². The molecule has 0 aliphatic carbocycles. The number of anilines is 1. The highest BCUT2D eigenvalue weighted by atomic mass is 16.6. The molecule has 0 saturated carbocycles. The van der Waals surface area contributed by atoms with Gasteiger partial charge in [0.15, 0.2) is 6.61 Å². The van der Waals surface area contributed by atoms with Crippen LogP contribution in [0.5, 0.6) is 0 Å². The molecule has 2 amide bonds. The van der Waals surface area contributed by atoms with Crippen molar-refractivity contribution in [3.8, 4) is 0 Å². The van der Waals surface area contributed by atoms with Gasteiger partial charge in [-0.2, -0.15) is 0 Å². The maximum atomic E-state index is 12.1. The molecular formula is C16H22N2O5. The number of rotatable bonds is 8. The number of nitrogens with zero attached hydrogens (tertiary/aromatic N) is 1. The van der Waals surface area contributed by atoms with Crippen LogP contribution in [0.1, 0.15) is 24.2 Å². The van der Waals surface area contributed by atoms with Crippen molar-refractivity contribution in [3.63, 3.8) is 0 Å². The van der Waals surface area contributed by atoms with E-state index in [4.69, 9.17) is 4.74 Å². The monoisotopic (exact) mass is 322 g/mol. The van der Waals surface area contributed by atoms with Gasteiger partial charge in [0, 0.05) is 31.5 Å². The van der Waals surface area contributed by atoms with E-state index in [1.807, 2.05) is 13.8 Å². The summed E-state index contributed by atoms with van der Waals surface area (Å²) in [6.07, 6.45) is 0. The summed E-state index contributed by atoms with van der Waals surface area (Å²) in [4.78, 5) is 36.6. The Balaban J connectivity index is 2.55. The van der Waals surface area contributed by atoms with Crippen LogP contribution in [-0.2, 0) is 19.1 Å². The van der Waals surface area contributed by atoms with E-state index in [2.05, 4.69) is 10.1 Å². The SMILES string of the molecule is CCN(CC)C(=O)c1ccc(NC(=O)COC(=O)COC)cc1. The molecule has 0 radical (unpaired) electrons. The van der Waals surface area contributed by atoms with E-state index in [0.29, 0.717) is 24.3 Å². The van der Waals surface area contributed by atoms with Gasteiger partial charge in [-0.1, -0.05) is 0 Å². The number of nitrogens with one attached hydrogen (secondary N) is 1. The molecule has 0 heterocycles. The topological polar surface area (TPSA) is 84.9 Å². The number of ether oxygens (including phenoxy) is 2. The van der Waals surface area contributed by atoms with E-state index >= 15 is 0 Å². The molecule has 0 aromatic heterocycles. The Morgan fingerprint density at radius 1 is 1.04 bits per heavy atom. The molecule has 126 valence electrons. The van der Waals surface area contributed by atoms with Crippen molar-refractivity contribution in [2.45, 2.75) is 13.8 Å². The lowest BCUT2D eigenvalue weighted by Gasteiger charge is -2.18. The molecule has 0 aliphatic rings. The van der Waals surface area contributed by atoms with Gasteiger partial charge in [0.2, 0.25) is 0 Å². The van der Waals surface area contributed by atoms with E-state index in [0.717, 1.165) is 0 Å². The Labute approximate surface area is 135 Å². The molecule has 0 unspecified atom stereocenters. The average Bonchev–Trinajstić information content (AvgIpc) is 2.55. The molecule has 0 fully saturated rings. The number of esters is 1. The maximum absolute atomic E-state index is 12.1. The fraction of sp³-hybridized carbons (Fsp3) is 0.438. The number of hydrogen-bond donors (Lipinski definition) is 1.